The van der Waals surface area contributed by atoms with E-state index in [4.69, 9.17) is 9.84 Å². The average molecular weight is 573 g/mol. The van der Waals surface area contributed by atoms with Gasteiger partial charge in [-0.2, -0.15) is 0 Å². The summed E-state index contributed by atoms with van der Waals surface area (Å²) in [7, 11) is 0. The summed E-state index contributed by atoms with van der Waals surface area (Å²) in [6.45, 7) is 1.92. The highest BCUT2D eigenvalue weighted by atomic mass is 32.1. The molecule has 212 valence electrons. The number of anilines is 1. The molecule has 1 amide bonds. The fraction of sp³-hybridized carbons (Fsp3) is 0.367. The number of aliphatic carboxylic acids is 1. The number of rotatable bonds is 11. The first-order valence-corrected chi connectivity index (χ1v) is 14.1. The van der Waals surface area contributed by atoms with E-state index in [0.717, 1.165) is 48.3 Å². The van der Waals surface area contributed by atoms with Crippen molar-refractivity contribution in [3.8, 4) is 11.3 Å². The van der Waals surface area contributed by atoms with Crippen molar-refractivity contribution < 1.29 is 32.6 Å². The number of thiazole rings is 1. The van der Waals surface area contributed by atoms with Gasteiger partial charge < -0.3 is 9.84 Å². The summed E-state index contributed by atoms with van der Waals surface area (Å²) < 4.78 is 49.8. The van der Waals surface area contributed by atoms with Crippen LogP contribution in [0.15, 0.2) is 41.3 Å². The predicted octanol–water partition coefficient (Wildman–Crippen LogP) is 7.84. The van der Waals surface area contributed by atoms with E-state index in [1.165, 1.54) is 39.0 Å². The molecule has 4 rings (SSSR count). The van der Waals surface area contributed by atoms with Crippen molar-refractivity contribution in [2.45, 2.75) is 58.5 Å². The smallest absolute Gasteiger partial charge is 0.331 e. The lowest BCUT2D eigenvalue weighted by atomic mass is 9.86. The molecule has 0 atom stereocenters. The molecule has 40 heavy (non-hydrogen) atoms. The average Bonchev–Trinajstić information content (AvgIpc) is 3.39. The van der Waals surface area contributed by atoms with E-state index in [0.29, 0.717) is 17.9 Å². The maximum absolute atomic E-state index is 15.2. The summed E-state index contributed by atoms with van der Waals surface area (Å²) in [5, 5.41) is 13.1. The number of nitrogens with zero attached hydrogens (tertiary/aromatic N) is 1. The molecule has 1 aromatic heterocycles. The van der Waals surface area contributed by atoms with E-state index >= 15 is 4.39 Å². The summed E-state index contributed by atoms with van der Waals surface area (Å²) in [6.07, 6.45) is 9.48. The van der Waals surface area contributed by atoms with Crippen LogP contribution >= 0.6 is 11.3 Å². The number of carboxylic acids is 1. The molecular weight excluding hydrogens is 541 g/mol. The summed E-state index contributed by atoms with van der Waals surface area (Å²) in [6, 6.07) is 6.58. The lowest BCUT2D eigenvalue weighted by molar-refractivity contribution is -0.132. The second-order valence-corrected chi connectivity index (χ2v) is 10.8. The van der Waals surface area contributed by atoms with Gasteiger partial charge in [0.15, 0.2) is 5.13 Å². The van der Waals surface area contributed by atoms with E-state index in [9.17, 15) is 18.4 Å². The van der Waals surface area contributed by atoms with Crippen molar-refractivity contribution in [3.05, 3.63) is 75.4 Å². The van der Waals surface area contributed by atoms with Crippen LogP contribution in [0.4, 0.5) is 18.3 Å². The SMILES string of the molecule is C/C(=C\c1c(F)cc(C(=O)Nc2nc(-c3cccc(COCCCC4CCCCC4)c3F)cs2)cc1F)C(=O)O. The monoisotopic (exact) mass is 572 g/mol. The molecule has 1 aliphatic carbocycles. The fourth-order valence-corrected chi connectivity index (χ4v) is 5.48. The first-order chi connectivity index (χ1) is 19.2. The summed E-state index contributed by atoms with van der Waals surface area (Å²) in [5.41, 5.74) is -0.168. The highest BCUT2D eigenvalue weighted by Crippen LogP contribution is 2.30. The molecule has 0 radical (unpaired) electrons. The van der Waals surface area contributed by atoms with Gasteiger partial charge in [0.25, 0.3) is 5.91 Å². The van der Waals surface area contributed by atoms with Crippen LogP contribution in [0.3, 0.4) is 0 Å². The van der Waals surface area contributed by atoms with E-state index in [1.807, 2.05) is 0 Å². The Morgan fingerprint density at radius 3 is 2.58 bits per heavy atom. The van der Waals surface area contributed by atoms with Crippen molar-refractivity contribution in [2.75, 3.05) is 11.9 Å². The van der Waals surface area contributed by atoms with Crippen molar-refractivity contribution in [1.29, 1.82) is 0 Å². The number of aromatic nitrogens is 1. The molecule has 1 saturated carbocycles. The maximum atomic E-state index is 15.2. The van der Waals surface area contributed by atoms with Gasteiger partial charge in [-0.1, -0.05) is 44.2 Å². The van der Waals surface area contributed by atoms with Crippen molar-refractivity contribution in [3.63, 3.8) is 0 Å². The molecule has 2 aromatic carbocycles. The van der Waals surface area contributed by atoms with Gasteiger partial charge in [0.05, 0.1) is 12.3 Å². The molecule has 0 saturated heterocycles. The zero-order valence-corrected chi connectivity index (χ0v) is 23.0. The van der Waals surface area contributed by atoms with E-state index in [2.05, 4.69) is 10.3 Å². The Morgan fingerprint density at radius 2 is 1.88 bits per heavy atom. The molecule has 1 aliphatic rings. The largest absolute Gasteiger partial charge is 0.478 e. The number of halogens is 3. The Balaban J connectivity index is 1.37. The van der Waals surface area contributed by atoms with Crippen LogP contribution in [0.1, 0.15) is 73.4 Å². The molecule has 0 unspecified atom stereocenters. The van der Waals surface area contributed by atoms with E-state index in [1.54, 1.807) is 23.6 Å². The Labute approximate surface area is 234 Å². The Bertz CT molecular complexity index is 1380. The minimum Gasteiger partial charge on any atom is -0.478 e. The van der Waals surface area contributed by atoms with Crippen molar-refractivity contribution in [2.24, 2.45) is 5.92 Å². The lowest BCUT2D eigenvalue weighted by Gasteiger charge is -2.21. The summed E-state index contributed by atoms with van der Waals surface area (Å²) in [4.78, 5) is 27.9. The molecule has 0 aliphatic heterocycles. The first-order valence-electron chi connectivity index (χ1n) is 13.3. The zero-order valence-electron chi connectivity index (χ0n) is 22.1. The van der Waals surface area contributed by atoms with Gasteiger partial charge in [0, 0.05) is 39.8 Å². The molecular formula is C30H31F3N2O4S. The van der Waals surface area contributed by atoms with Crippen molar-refractivity contribution in [1.82, 2.24) is 4.98 Å². The number of carboxylic acid groups (broad SMARTS) is 1. The Hall–Kier alpha value is -3.50. The maximum Gasteiger partial charge on any atom is 0.331 e. The van der Waals surface area contributed by atoms with Crippen LogP contribution in [0.5, 0.6) is 0 Å². The van der Waals surface area contributed by atoms with Gasteiger partial charge in [-0.15, -0.1) is 11.3 Å². The van der Waals surface area contributed by atoms with Crippen LogP contribution in [-0.2, 0) is 16.1 Å². The minimum atomic E-state index is -1.32. The van der Waals surface area contributed by atoms with Crippen LogP contribution < -0.4 is 5.32 Å². The number of amides is 1. The lowest BCUT2D eigenvalue weighted by Crippen LogP contribution is -2.13. The second kappa shape index (κ2) is 13.7. The highest BCUT2D eigenvalue weighted by molar-refractivity contribution is 7.14. The third-order valence-corrected chi connectivity index (χ3v) is 7.76. The number of benzene rings is 2. The predicted molar refractivity (Wildman–Crippen MR) is 149 cm³/mol. The number of carbonyl (C=O) groups excluding carboxylic acids is 1. The number of hydrogen-bond donors (Lipinski definition) is 2. The van der Waals surface area contributed by atoms with Gasteiger partial charge in [-0.25, -0.2) is 22.9 Å². The summed E-state index contributed by atoms with van der Waals surface area (Å²) in [5.74, 6) is -3.98. The molecule has 2 N–H and O–H groups in total. The number of ether oxygens (including phenoxy) is 1. The summed E-state index contributed by atoms with van der Waals surface area (Å²) >= 11 is 1.04. The van der Waals surface area contributed by atoms with Gasteiger partial charge >= 0.3 is 5.97 Å². The van der Waals surface area contributed by atoms with Gasteiger partial charge in [0.1, 0.15) is 17.5 Å². The molecule has 10 heteroatoms. The van der Waals surface area contributed by atoms with Crippen LogP contribution in [0, 0.1) is 23.4 Å². The molecule has 0 bridgehead atoms. The number of hydrogen-bond acceptors (Lipinski definition) is 5. The Kier molecular flexibility index (Phi) is 10.1. The fourth-order valence-electron chi connectivity index (χ4n) is 4.78. The minimum absolute atomic E-state index is 0.121. The molecule has 3 aromatic rings. The van der Waals surface area contributed by atoms with Crippen LogP contribution in [0.25, 0.3) is 17.3 Å². The zero-order chi connectivity index (χ0) is 28.6. The third-order valence-electron chi connectivity index (χ3n) is 7.00. The number of carbonyl (C=O) groups is 2. The van der Waals surface area contributed by atoms with Gasteiger partial charge in [0.2, 0.25) is 0 Å². The first kappa shape index (κ1) is 29.5. The highest BCUT2D eigenvalue weighted by Gasteiger charge is 2.18. The molecule has 6 nitrogen and oxygen atoms in total. The third kappa shape index (κ3) is 7.57. The van der Waals surface area contributed by atoms with Gasteiger partial charge in [-0.3, -0.25) is 10.1 Å². The van der Waals surface area contributed by atoms with Crippen molar-refractivity contribution >= 4 is 34.4 Å². The van der Waals surface area contributed by atoms with E-state index in [-0.39, 0.29) is 28.4 Å². The molecule has 0 spiro atoms. The topological polar surface area (TPSA) is 88.5 Å². The van der Waals surface area contributed by atoms with E-state index < -0.39 is 34.9 Å². The van der Waals surface area contributed by atoms with Crippen LogP contribution in [0.2, 0.25) is 0 Å². The standard InChI is InChI=1S/C30H31F3N2O4S/c1-18(29(37)38)13-23-24(31)14-21(15-25(23)32)28(36)35-30-34-26(17-40-30)22-11-5-10-20(27(22)33)16-39-12-6-9-19-7-3-2-4-8-19/h5,10-11,13-15,17,19H,2-4,6-9,12,16H2,1H3,(H,37,38)(H,34,35,36)/b18-13+. The second-order valence-electron chi connectivity index (χ2n) is 9.96. The number of nitrogens with one attached hydrogen (secondary N) is 1. The quantitative estimate of drug-likeness (QED) is 0.180. The van der Waals surface area contributed by atoms with Crippen LogP contribution in [-0.4, -0.2) is 28.6 Å². The van der Waals surface area contributed by atoms with Gasteiger partial charge in [-0.05, 0) is 50.0 Å². The Morgan fingerprint density at radius 1 is 1.15 bits per heavy atom. The normalized spacial score (nSPS) is 14.3. The molecule has 1 heterocycles. The molecule has 1 fully saturated rings.